The van der Waals surface area contributed by atoms with E-state index in [1.807, 2.05) is 0 Å². The van der Waals surface area contributed by atoms with Gasteiger partial charge in [-0.25, -0.2) is 8.42 Å². The number of ketones is 1. The fourth-order valence-corrected chi connectivity index (χ4v) is 5.41. The molecule has 2 aliphatic heterocycles. The van der Waals surface area contributed by atoms with Crippen LogP contribution >= 0.6 is 0 Å². The zero-order chi connectivity index (χ0) is 20.9. The second kappa shape index (κ2) is 6.84. The van der Waals surface area contributed by atoms with Crippen LogP contribution in [0.2, 0.25) is 0 Å². The number of Topliss-reactive ketones (excluding diaryl/α,β-unsaturated/α-hetero) is 1. The number of carbonyl (C=O) groups is 1. The molecule has 0 radical (unpaired) electrons. The van der Waals surface area contributed by atoms with Crippen molar-refractivity contribution >= 4 is 15.8 Å². The number of nitrogens with zero attached hydrogens (tertiary/aromatic N) is 1. The third-order valence-electron chi connectivity index (χ3n) is 5.30. The highest BCUT2D eigenvalue weighted by Gasteiger charge is 2.48. The molecule has 1 unspecified atom stereocenters. The van der Waals surface area contributed by atoms with Gasteiger partial charge in [-0.05, 0) is 29.8 Å². The zero-order valence-electron chi connectivity index (χ0n) is 15.3. The lowest BCUT2D eigenvalue weighted by Gasteiger charge is -2.34. The Balaban J connectivity index is 1.49. The number of hydrogen-bond donors (Lipinski definition) is 0. The van der Waals surface area contributed by atoms with E-state index in [2.05, 4.69) is 0 Å². The normalized spacial score (nSPS) is 22.5. The van der Waals surface area contributed by atoms with E-state index in [0.717, 1.165) is 12.1 Å². The Kier molecular flexibility index (Phi) is 4.70. The van der Waals surface area contributed by atoms with E-state index in [0.29, 0.717) is 17.7 Å². The van der Waals surface area contributed by atoms with Gasteiger partial charge in [-0.2, -0.15) is 17.5 Å². The van der Waals surface area contributed by atoms with Crippen LogP contribution in [-0.4, -0.2) is 37.2 Å². The molecule has 0 amide bonds. The van der Waals surface area contributed by atoms with E-state index < -0.39 is 33.1 Å². The molecule has 1 fully saturated rings. The second-order valence-corrected chi connectivity index (χ2v) is 9.38. The maximum Gasteiger partial charge on any atom is 0.416 e. The molecule has 0 aliphatic carbocycles. The molecule has 5 nitrogen and oxygen atoms in total. The Bertz CT molecular complexity index is 1050. The maximum atomic E-state index is 12.8. The van der Waals surface area contributed by atoms with Gasteiger partial charge in [0.15, 0.2) is 5.78 Å². The lowest BCUT2D eigenvalue weighted by atomic mass is 9.89. The highest BCUT2D eigenvalue weighted by Crippen LogP contribution is 2.39. The van der Waals surface area contributed by atoms with Crippen molar-refractivity contribution in [3.8, 4) is 5.75 Å². The molecule has 1 saturated heterocycles. The first-order valence-electron chi connectivity index (χ1n) is 9.03. The summed E-state index contributed by atoms with van der Waals surface area (Å²) in [6, 6.07) is 10.9. The predicted octanol–water partition coefficient (Wildman–Crippen LogP) is 3.65. The molecular formula is C20H18F3NO4S. The van der Waals surface area contributed by atoms with E-state index in [9.17, 15) is 26.4 Å². The summed E-state index contributed by atoms with van der Waals surface area (Å²) in [6.45, 7) is 0.231. The molecular weight excluding hydrogens is 407 g/mol. The lowest BCUT2D eigenvalue weighted by Crippen LogP contribution is -2.45. The summed E-state index contributed by atoms with van der Waals surface area (Å²) in [5, 5.41) is 0. The number of rotatable bonds is 3. The fourth-order valence-electron chi connectivity index (χ4n) is 3.81. The van der Waals surface area contributed by atoms with Gasteiger partial charge in [0.1, 0.15) is 11.4 Å². The van der Waals surface area contributed by atoms with Crippen LogP contribution in [0.3, 0.4) is 0 Å². The number of halogens is 3. The van der Waals surface area contributed by atoms with Crippen molar-refractivity contribution in [2.75, 3.05) is 13.1 Å². The number of sulfonamides is 1. The van der Waals surface area contributed by atoms with Gasteiger partial charge in [0, 0.05) is 13.0 Å². The molecule has 0 bridgehead atoms. The smallest absolute Gasteiger partial charge is 0.416 e. The molecule has 2 aromatic carbocycles. The first-order valence-corrected chi connectivity index (χ1v) is 10.6. The van der Waals surface area contributed by atoms with E-state index in [-0.39, 0.29) is 30.9 Å². The average Bonchev–Trinajstić information content (AvgIpc) is 3.05. The Hall–Kier alpha value is -2.39. The van der Waals surface area contributed by atoms with Crippen LogP contribution in [0.4, 0.5) is 13.2 Å². The molecule has 154 valence electrons. The zero-order valence-corrected chi connectivity index (χ0v) is 16.1. The summed E-state index contributed by atoms with van der Waals surface area (Å²) < 4.78 is 70.9. The van der Waals surface area contributed by atoms with Crippen molar-refractivity contribution in [1.82, 2.24) is 4.31 Å². The van der Waals surface area contributed by atoms with Crippen LogP contribution in [0, 0.1) is 0 Å². The quantitative estimate of drug-likeness (QED) is 0.753. The molecule has 0 aromatic heterocycles. The van der Waals surface area contributed by atoms with Crippen molar-refractivity contribution in [3.05, 3.63) is 65.2 Å². The van der Waals surface area contributed by atoms with Crippen LogP contribution in [0.1, 0.15) is 34.3 Å². The molecule has 0 saturated carbocycles. The Morgan fingerprint density at radius 2 is 1.76 bits per heavy atom. The summed E-state index contributed by atoms with van der Waals surface area (Å²) in [4.78, 5) is 12.5. The molecule has 1 atom stereocenters. The Morgan fingerprint density at radius 3 is 2.45 bits per heavy atom. The topological polar surface area (TPSA) is 63.7 Å². The number of hydrogen-bond acceptors (Lipinski definition) is 4. The summed E-state index contributed by atoms with van der Waals surface area (Å²) in [5.41, 5.74) is -0.973. The monoisotopic (exact) mass is 425 g/mol. The molecule has 2 aromatic rings. The third kappa shape index (κ3) is 3.89. The van der Waals surface area contributed by atoms with Gasteiger partial charge >= 0.3 is 6.18 Å². The Labute approximate surface area is 166 Å². The highest BCUT2D eigenvalue weighted by atomic mass is 32.2. The first kappa shape index (κ1) is 19.9. The molecule has 4 rings (SSSR count). The minimum atomic E-state index is -4.47. The average molecular weight is 425 g/mol. The van der Waals surface area contributed by atoms with Gasteiger partial charge in [-0.15, -0.1) is 0 Å². The minimum absolute atomic E-state index is 0.0377. The number of alkyl halides is 3. The second-order valence-electron chi connectivity index (χ2n) is 7.42. The largest absolute Gasteiger partial charge is 0.485 e. The molecule has 9 heteroatoms. The van der Waals surface area contributed by atoms with Crippen LogP contribution in [0.5, 0.6) is 5.75 Å². The van der Waals surface area contributed by atoms with Crippen LogP contribution in [-0.2, 0) is 22.0 Å². The number of benzene rings is 2. The first-order chi connectivity index (χ1) is 13.6. The van der Waals surface area contributed by atoms with E-state index in [4.69, 9.17) is 4.74 Å². The van der Waals surface area contributed by atoms with Crippen molar-refractivity contribution in [1.29, 1.82) is 0 Å². The highest BCUT2D eigenvalue weighted by molar-refractivity contribution is 7.88. The van der Waals surface area contributed by atoms with Gasteiger partial charge in [0.2, 0.25) is 10.0 Å². The standard InChI is InChI=1S/C20H18F3NO4S/c21-20(22,23)15-7-5-14(6-8-15)12-29(26,27)24-10-9-19(13-24)11-17(25)16-3-1-2-4-18(16)28-19/h1-8H,9-13H2. The lowest BCUT2D eigenvalue weighted by molar-refractivity contribution is -0.137. The van der Waals surface area contributed by atoms with Gasteiger partial charge in [-0.1, -0.05) is 24.3 Å². The predicted molar refractivity (Wildman–Crippen MR) is 99.0 cm³/mol. The molecule has 2 heterocycles. The summed E-state index contributed by atoms with van der Waals surface area (Å²) in [6.07, 6.45) is -4.00. The fraction of sp³-hybridized carbons (Fsp3) is 0.350. The van der Waals surface area contributed by atoms with Crippen LogP contribution in [0.15, 0.2) is 48.5 Å². The van der Waals surface area contributed by atoms with Gasteiger partial charge < -0.3 is 4.74 Å². The molecule has 2 aliphatic rings. The number of carbonyl (C=O) groups excluding carboxylic acids is 1. The number of ether oxygens (including phenoxy) is 1. The van der Waals surface area contributed by atoms with Gasteiger partial charge in [0.05, 0.1) is 29.8 Å². The van der Waals surface area contributed by atoms with E-state index in [1.54, 1.807) is 24.3 Å². The van der Waals surface area contributed by atoms with Gasteiger partial charge in [-0.3, -0.25) is 4.79 Å². The summed E-state index contributed by atoms with van der Waals surface area (Å²) in [7, 11) is -3.77. The van der Waals surface area contributed by atoms with Gasteiger partial charge in [0.25, 0.3) is 0 Å². The van der Waals surface area contributed by atoms with Crippen LogP contribution < -0.4 is 4.74 Å². The minimum Gasteiger partial charge on any atom is -0.485 e. The maximum absolute atomic E-state index is 12.8. The van der Waals surface area contributed by atoms with Crippen molar-refractivity contribution in [2.24, 2.45) is 0 Å². The Morgan fingerprint density at radius 1 is 1.07 bits per heavy atom. The molecule has 1 spiro atoms. The van der Waals surface area contributed by atoms with E-state index in [1.165, 1.54) is 16.4 Å². The summed E-state index contributed by atoms with van der Waals surface area (Å²) in [5.74, 6) is -0.0502. The summed E-state index contributed by atoms with van der Waals surface area (Å²) >= 11 is 0. The van der Waals surface area contributed by atoms with Crippen LogP contribution in [0.25, 0.3) is 0 Å². The molecule has 0 N–H and O–H groups in total. The number of para-hydroxylation sites is 1. The third-order valence-corrected chi connectivity index (χ3v) is 7.10. The van der Waals surface area contributed by atoms with Crippen molar-refractivity contribution in [3.63, 3.8) is 0 Å². The number of fused-ring (bicyclic) bond motifs is 1. The van der Waals surface area contributed by atoms with Crippen molar-refractivity contribution < 1.29 is 31.1 Å². The van der Waals surface area contributed by atoms with E-state index >= 15 is 0 Å². The molecule has 29 heavy (non-hydrogen) atoms. The SMILES string of the molecule is O=C1CC2(CCN(S(=O)(=O)Cc3ccc(C(F)(F)F)cc3)C2)Oc2ccccc21. The van der Waals surface area contributed by atoms with Crippen molar-refractivity contribution in [2.45, 2.75) is 30.4 Å².